The molecular weight excluding hydrogens is 384 g/mol. The zero-order chi connectivity index (χ0) is 19.4. The minimum Gasteiger partial charge on any atom is -0.355 e. The van der Waals surface area contributed by atoms with Gasteiger partial charge in [0.05, 0.1) is 5.52 Å². The molecule has 0 aromatic carbocycles. The van der Waals surface area contributed by atoms with Crippen LogP contribution in [0.5, 0.6) is 0 Å². The van der Waals surface area contributed by atoms with Gasteiger partial charge in [0.2, 0.25) is 11.8 Å². The number of nitrogens with one attached hydrogen (secondary N) is 3. The van der Waals surface area contributed by atoms with Crippen LogP contribution in [0.3, 0.4) is 0 Å². The molecule has 0 atom stereocenters. The summed E-state index contributed by atoms with van der Waals surface area (Å²) in [7, 11) is 0. The monoisotopic (exact) mass is 408 g/mol. The standard InChI is InChI=1S/C18H24N4O3S2/c1-11(23)19-7-8-20-16(24)13-4-2-12(3-5-13)10-22-17(25)15-14(6-9-27-15)21-18(22)26/h6,9,12-13H,2-5,7-8,10H2,1H3,(H,19,23)(H,20,24)(H,21,26). The van der Waals surface area contributed by atoms with Gasteiger partial charge in [0.25, 0.3) is 5.56 Å². The first kappa shape index (κ1) is 19.8. The van der Waals surface area contributed by atoms with Crippen LogP contribution in [0, 0.1) is 16.6 Å². The average Bonchev–Trinajstić information content (AvgIpc) is 3.11. The van der Waals surface area contributed by atoms with Gasteiger partial charge in [0.1, 0.15) is 4.70 Å². The van der Waals surface area contributed by atoms with Crippen molar-refractivity contribution in [3.63, 3.8) is 0 Å². The molecule has 27 heavy (non-hydrogen) atoms. The second-order valence-corrected chi connectivity index (χ2v) is 8.30. The van der Waals surface area contributed by atoms with E-state index in [0.717, 1.165) is 31.2 Å². The summed E-state index contributed by atoms with van der Waals surface area (Å²) < 4.78 is 2.83. The number of hydrogen-bond acceptors (Lipinski definition) is 5. The quantitative estimate of drug-likeness (QED) is 0.504. The van der Waals surface area contributed by atoms with Gasteiger partial charge in [-0.25, -0.2) is 0 Å². The normalized spacial score (nSPS) is 19.7. The highest BCUT2D eigenvalue weighted by Gasteiger charge is 2.26. The van der Waals surface area contributed by atoms with E-state index in [1.807, 2.05) is 11.4 Å². The van der Waals surface area contributed by atoms with Crippen molar-refractivity contribution in [2.75, 3.05) is 13.1 Å². The van der Waals surface area contributed by atoms with Crippen molar-refractivity contribution in [1.29, 1.82) is 0 Å². The van der Waals surface area contributed by atoms with Crippen LogP contribution in [-0.4, -0.2) is 34.5 Å². The third kappa shape index (κ3) is 4.84. The molecule has 0 radical (unpaired) electrons. The van der Waals surface area contributed by atoms with Gasteiger partial charge in [0, 0.05) is 32.5 Å². The zero-order valence-corrected chi connectivity index (χ0v) is 16.9. The minimum absolute atomic E-state index is 0.00427. The predicted molar refractivity (Wildman–Crippen MR) is 108 cm³/mol. The van der Waals surface area contributed by atoms with E-state index in [-0.39, 0.29) is 23.3 Å². The van der Waals surface area contributed by atoms with E-state index in [1.165, 1.54) is 18.3 Å². The summed E-state index contributed by atoms with van der Waals surface area (Å²) in [6.07, 6.45) is 3.41. The summed E-state index contributed by atoms with van der Waals surface area (Å²) in [6, 6.07) is 1.87. The number of nitrogens with zero attached hydrogens (tertiary/aromatic N) is 1. The van der Waals surface area contributed by atoms with Gasteiger partial charge in [-0.2, -0.15) is 0 Å². The molecule has 2 amide bonds. The summed E-state index contributed by atoms with van der Waals surface area (Å²) in [4.78, 5) is 38.8. The lowest BCUT2D eigenvalue weighted by molar-refractivity contribution is -0.126. The molecule has 2 aromatic heterocycles. The van der Waals surface area contributed by atoms with Crippen LogP contribution in [0.25, 0.3) is 10.2 Å². The van der Waals surface area contributed by atoms with Gasteiger partial charge >= 0.3 is 0 Å². The number of amides is 2. The van der Waals surface area contributed by atoms with Gasteiger partial charge in [-0.05, 0) is 55.3 Å². The van der Waals surface area contributed by atoms with Crippen LogP contribution >= 0.6 is 23.6 Å². The lowest BCUT2D eigenvalue weighted by atomic mass is 9.81. The first-order chi connectivity index (χ1) is 13.0. The predicted octanol–water partition coefficient (Wildman–Crippen LogP) is 2.18. The molecule has 1 aliphatic carbocycles. The van der Waals surface area contributed by atoms with Crippen LogP contribution in [0.4, 0.5) is 0 Å². The van der Waals surface area contributed by atoms with Crippen LogP contribution in [0.1, 0.15) is 32.6 Å². The number of aromatic amines is 1. The Morgan fingerprint density at radius 2 is 1.96 bits per heavy atom. The Morgan fingerprint density at radius 3 is 2.67 bits per heavy atom. The highest BCUT2D eigenvalue weighted by atomic mass is 32.1. The molecular formula is C18H24N4O3S2. The molecule has 2 heterocycles. The van der Waals surface area contributed by atoms with Gasteiger partial charge < -0.3 is 15.6 Å². The number of carbonyl (C=O) groups excluding carboxylic acids is 2. The van der Waals surface area contributed by atoms with Crippen molar-refractivity contribution in [3.05, 3.63) is 26.6 Å². The van der Waals surface area contributed by atoms with E-state index in [1.54, 1.807) is 4.57 Å². The van der Waals surface area contributed by atoms with Crippen molar-refractivity contribution in [1.82, 2.24) is 20.2 Å². The first-order valence-electron chi connectivity index (χ1n) is 9.18. The number of thiophene rings is 1. The lowest BCUT2D eigenvalue weighted by Gasteiger charge is -2.28. The van der Waals surface area contributed by atoms with E-state index >= 15 is 0 Å². The number of rotatable bonds is 6. The molecule has 0 bridgehead atoms. The summed E-state index contributed by atoms with van der Waals surface area (Å²) in [5.74, 6) is 0.301. The number of fused-ring (bicyclic) bond motifs is 1. The summed E-state index contributed by atoms with van der Waals surface area (Å²) in [6.45, 7) is 2.95. The van der Waals surface area contributed by atoms with Crippen LogP contribution in [0.15, 0.2) is 16.2 Å². The second-order valence-electron chi connectivity index (χ2n) is 7.00. The fourth-order valence-electron chi connectivity index (χ4n) is 3.57. The molecule has 1 aliphatic rings. The Bertz CT molecular complexity index is 938. The minimum atomic E-state index is -0.0981. The van der Waals surface area contributed by atoms with Crippen LogP contribution in [-0.2, 0) is 16.1 Å². The lowest BCUT2D eigenvalue weighted by Crippen LogP contribution is -2.38. The summed E-state index contributed by atoms with van der Waals surface area (Å²) in [5.41, 5.74) is 0.771. The maximum atomic E-state index is 12.6. The zero-order valence-electron chi connectivity index (χ0n) is 15.2. The highest BCUT2D eigenvalue weighted by molar-refractivity contribution is 7.71. The molecule has 0 unspecified atom stereocenters. The molecule has 3 N–H and O–H groups in total. The van der Waals surface area contributed by atoms with Crippen LogP contribution in [0.2, 0.25) is 0 Å². The van der Waals surface area contributed by atoms with E-state index in [9.17, 15) is 14.4 Å². The molecule has 1 fully saturated rings. The van der Waals surface area contributed by atoms with E-state index in [0.29, 0.717) is 35.0 Å². The van der Waals surface area contributed by atoms with E-state index in [2.05, 4.69) is 15.6 Å². The summed E-state index contributed by atoms with van der Waals surface area (Å²) in [5, 5.41) is 7.43. The summed E-state index contributed by atoms with van der Waals surface area (Å²) >= 11 is 6.79. The SMILES string of the molecule is CC(=O)NCCNC(=O)C1CCC(Cn2c(=S)[nH]c3ccsc3c2=O)CC1. The molecule has 7 nitrogen and oxygen atoms in total. The fraction of sp³-hybridized carbons (Fsp3) is 0.556. The number of carbonyl (C=O) groups is 2. The molecule has 2 aromatic rings. The van der Waals surface area contributed by atoms with E-state index < -0.39 is 0 Å². The van der Waals surface area contributed by atoms with Crippen LogP contribution < -0.4 is 16.2 Å². The Balaban J connectivity index is 1.53. The highest BCUT2D eigenvalue weighted by Crippen LogP contribution is 2.30. The average molecular weight is 409 g/mol. The van der Waals surface area contributed by atoms with Gasteiger partial charge in [0.15, 0.2) is 4.77 Å². The molecule has 0 spiro atoms. The molecule has 3 rings (SSSR count). The topological polar surface area (TPSA) is 96.0 Å². The Kier molecular flexibility index (Phi) is 6.43. The van der Waals surface area contributed by atoms with Crippen molar-refractivity contribution < 1.29 is 9.59 Å². The maximum absolute atomic E-state index is 12.6. The molecule has 0 saturated heterocycles. The molecule has 9 heteroatoms. The largest absolute Gasteiger partial charge is 0.355 e. The first-order valence-corrected chi connectivity index (χ1v) is 10.5. The Hall–Kier alpha value is -2.00. The smallest absolute Gasteiger partial charge is 0.272 e. The van der Waals surface area contributed by atoms with Crippen molar-refractivity contribution in [3.8, 4) is 0 Å². The number of aromatic nitrogens is 2. The third-order valence-electron chi connectivity index (χ3n) is 5.05. The number of H-pyrrole nitrogens is 1. The molecule has 146 valence electrons. The Labute approximate surface area is 166 Å². The van der Waals surface area contributed by atoms with Crippen molar-refractivity contribution in [2.24, 2.45) is 11.8 Å². The van der Waals surface area contributed by atoms with Gasteiger partial charge in [-0.1, -0.05) is 0 Å². The van der Waals surface area contributed by atoms with E-state index in [4.69, 9.17) is 12.2 Å². The second kappa shape index (κ2) is 8.79. The maximum Gasteiger partial charge on any atom is 0.272 e. The van der Waals surface area contributed by atoms with Gasteiger partial charge in [-0.15, -0.1) is 11.3 Å². The van der Waals surface area contributed by atoms with Gasteiger partial charge in [-0.3, -0.25) is 19.0 Å². The molecule has 0 aliphatic heterocycles. The Morgan fingerprint density at radius 1 is 1.26 bits per heavy atom. The third-order valence-corrected chi connectivity index (χ3v) is 6.27. The fourth-order valence-corrected chi connectivity index (χ4v) is 4.64. The molecule has 1 saturated carbocycles. The number of hydrogen-bond donors (Lipinski definition) is 3. The van der Waals surface area contributed by atoms with Crippen molar-refractivity contribution in [2.45, 2.75) is 39.2 Å². The van der Waals surface area contributed by atoms with Crippen molar-refractivity contribution >= 4 is 45.6 Å².